The molecule has 0 aliphatic carbocycles. The number of hydrogen-bond acceptors (Lipinski definition) is 5. The molecule has 2 aromatic heterocycles. The smallest absolute Gasteiger partial charge is 0.164 e. The molecule has 0 amide bonds. The highest BCUT2D eigenvalue weighted by Gasteiger charge is 2.28. The highest BCUT2D eigenvalue weighted by atomic mass is 32.1. The van der Waals surface area contributed by atoms with Crippen molar-refractivity contribution in [2.75, 3.05) is 4.90 Å². The fourth-order valence-electron chi connectivity index (χ4n) is 9.88. The number of fused-ring (bicyclic) bond motifs is 8. The topological polar surface area (TPSA) is 41.9 Å². The molecule has 0 unspecified atom stereocenters. The molecule has 0 spiro atoms. The number of rotatable bonds is 4. The number of benzene rings is 9. The Hall–Kier alpha value is -6.89. The van der Waals surface area contributed by atoms with Crippen LogP contribution in [-0.2, 0) is 0 Å². The van der Waals surface area contributed by atoms with Gasteiger partial charge in [-0.25, -0.2) is 15.0 Å². The van der Waals surface area contributed by atoms with Gasteiger partial charge in [-0.2, -0.15) is 0 Å². The van der Waals surface area contributed by atoms with E-state index in [0.717, 1.165) is 33.2 Å². The van der Waals surface area contributed by atoms with E-state index in [9.17, 15) is 0 Å². The van der Waals surface area contributed by atoms with Crippen molar-refractivity contribution in [1.29, 1.82) is 0 Å². The Bertz CT molecular complexity index is 3660. The molecular weight excluding hydrogens is 755 g/mol. The third-order valence-electron chi connectivity index (χ3n) is 13.4. The first kappa shape index (κ1) is 36.0. The van der Waals surface area contributed by atoms with Crippen molar-refractivity contribution in [2.24, 2.45) is 0 Å². The third-order valence-corrected chi connectivity index (χ3v) is 14.5. The van der Waals surface area contributed by atoms with Crippen LogP contribution in [0.15, 0.2) is 152 Å². The average Bonchev–Trinajstić information content (AvgIpc) is 3.68. The molecule has 3 heterocycles. The average molecular weight is 790 g/mol. The number of nitrogens with zero attached hydrogens (tertiary/aromatic N) is 4. The van der Waals surface area contributed by atoms with Gasteiger partial charge < -0.3 is 4.90 Å². The molecule has 4 nitrogen and oxygen atoms in total. The number of hydrogen-bond donors (Lipinski definition) is 0. The van der Waals surface area contributed by atoms with Crippen LogP contribution in [0.25, 0.3) is 97.8 Å². The van der Waals surface area contributed by atoms with Gasteiger partial charge in [0.25, 0.3) is 0 Å². The standard InChI is InChI=1S/C51H35B5N4S/c52-44-43(45(53)47(55)48(56)46(44)54)51-58-49(57-50(59-51)30-19-22-34-33-13-3-4-17-39(33)61-40(34)25-30)29-18-21-31-28(24-29)11-7-15-36(31)60-37-16-6-10-27-9-5-14-35(41(27)37)42-32-12-2-1-8-26(32)20-23-38(42)60/h1-25H,52-56H2. The highest BCUT2D eigenvalue weighted by Crippen LogP contribution is 2.54. The van der Waals surface area contributed by atoms with Crippen LogP contribution in [0.4, 0.5) is 17.1 Å². The minimum atomic E-state index is 0.659. The molecule has 9 aromatic carbocycles. The molecule has 1 aliphatic heterocycles. The van der Waals surface area contributed by atoms with Crippen LogP contribution in [0, 0.1) is 0 Å². The van der Waals surface area contributed by atoms with E-state index in [1.165, 1.54) is 91.5 Å². The van der Waals surface area contributed by atoms with Crippen LogP contribution in [-0.4, -0.2) is 54.2 Å². The van der Waals surface area contributed by atoms with Crippen LogP contribution in [0.3, 0.4) is 0 Å². The van der Waals surface area contributed by atoms with E-state index in [1.807, 2.05) is 11.3 Å². The minimum absolute atomic E-state index is 0.659. The Morgan fingerprint density at radius 3 is 1.75 bits per heavy atom. The zero-order valence-corrected chi connectivity index (χ0v) is 35.4. The molecule has 61 heavy (non-hydrogen) atoms. The lowest BCUT2D eigenvalue weighted by Crippen LogP contribution is -2.55. The van der Waals surface area contributed by atoms with Gasteiger partial charge in [0.2, 0.25) is 0 Å². The van der Waals surface area contributed by atoms with Crippen LogP contribution in [0.1, 0.15) is 0 Å². The fourth-order valence-corrected chi connectivity index (χ4v) is 11.0. The number of aromatic nitrogens is 3. The predicted molar refractivity (Wildman–Crippen MR) is 276 cm³/mol. The van der Waals surface area contributed by atoms with Crippen LogP contribution >= 0.6 is 11.3 Å². The quantitative estimate of drug-likeness (QED) is 0.223. The largest absolute Gasteiger partial charge is 0.309 e. The molecule has 1 aliphatic rings. The second kappa shape index (κ2) is 13.6. The van der Waals surface area contributed by atoms with E-state index >= 15 is 0 Å². The molecule has 0 bridgehead atoms. The van der Waals surface area contributed by atoms with Gasteiger partial charge in [0.15, 0.2) is 17.5 Å². The molecule has 11 aromatic rings. The van der Waals surface area contributed by atoms with Crippen LogP contribution in [0.2, 0.25) is 0 Å². The third kappa shape index (κ3) is 5.41. The van der Waals surface area contributed by atoms with Crippen molar-refractivity contribution in [2.45, 2.75) is 0 Å². The maximum atomic E-state index is 5.33. The van der Waals surface area contributed by atoms with E-state index in [-0.39, 0.29) is 0 Å². The summed E-state index contributed by atoms with van der Waals surface area (Å²) in [6.45, 7) is 0. The summed E-state index contributed by atoms with van der Waals surface area (Å²) in [5.41, 5.74) is 15.3. The first-order valence-corrected chi connectivity index (χ1v) is 21.8. The minimum Gasteiger partial charge on any atom is -0.309 e. The summed E-state index contributed by atoms with van der Waals surface area (Å²) in [5, 5.41) is 9.81. The van der Waals surface area contributed by atoms with Gasteiger partial charge in [0.1, 0.15) is 39.2 Å². The van der Waals surface area contributed by atoms with Crippen molar-refractivity contribution in [3.8, 4) is 45.3 Å². The predicted octanol–water partition coefficient (Wildman–Crippen LogP) is 5.44. The van der Waals surface area contributed by atoms with Gasteiger partial charge in [0.05, 0.1) is 17.1 Å². The molecule has 280 valence electrons. The van der Waals surface area contributed by atoms with Crippen molar-refractivity contribution in [3.63, 3.8) is 0 Å². The van der Waals surface area contributed by atoms with Gasteiger partial charge in [-0.3, -0.25) is 0 Å². The van der Waals surface area contributed by atoms with E-state index < -0.39 is 0 Å². The van der Waals surface area contributed by atoms with Gasteiger partial charge >= 0.3 is 0 Å². The summed E-state index contributed by atoms with van der Waals surface area (Å²) in [6.07, 6.45) is 0. The summed E-state index contributed by atoms with van der Waals surface area (Å²) in [6, 6.07) is 55.3. The summed E-state index contributed by atoms with van der Waals surface area (Å²) < 4.78 is 2.50. The molecule has 0 saturated carbocycles. The highest BCUT2D eigenvalue weighted by molar-refractivity contribution is 7.25. The zero-order chi connectivity index (χ0) is 41.1. The summed E-state index contributed by atoms with van der Waals surface area (Å²) >= 11 is 1.81. The second-order valence-electron chi connectivity index (χ2n) is 16.5. The maximum Gasteiger partial charge on any atom is 0.164 e. The van der Waals surface area contributed by atoms with Crippen molar-refractivity contribution < 1.29 is 0 Å². The monoisotopic (exact) mass is 790 g/mol. The lowest BCUT2D eigenvalue weighted by Gasteiger charge is -2.35. The van der Waals surface area contributed by atoms with Crippen molar-refractivity contribution in [1.82, 2.24) is 15.0 Å². The Morgan fingerprint density at radius 1 is 0.377 bits per heavy atom. The Balaban J connectivity index is 1.06. The molecular formula is C51H35B5N4S. The fraction of sp³-hybridized carbons (Fsp3) is 0. The van der Waals surface area contributed by atoms with Crippen LogP contribution < -0.4 is 32.2 Å². The SMILES string of the molecule is Bc1c(B)c(B)c(-c2nc(-c3ccc4c(N5c6ccc7ccccc7c6-c6cccc7cccc5c67)cccc4c3)nc(-c3ccc4c(c3)sc3ccccc34)n2)c(B)c1B. The summed E-state index contributed by atoms with van der Waals surface area (Å²) in [4.78, 5) is 18.4. The summed E-state index contributed by atoms with van der Waals surface area (Å²) in [7, 11) is 11.0. The molecule has 10 heteroatoms. The Morgan fingerprint density at radius 2 is 0.967 bits per heavy atom. The lowest BCUT2D eigenvalue weighted by atomic mass is 9.60. The Kier molecular flexibility index (Phi) is 8.01. The molecule has 0 saturated heterocycles. The molecule has 0 radical (unpaired) electrons. The van der Waals surface area contributed by atoms with Gasteiger partial charge in [-0.05, 0) is 63.5 Å². The van der Waals surface area contributed by atoms with Crippen LogP contribution in [0.5, 0.6) is 0 Å². The molecule has 0 atom stereocenters. The normalized spacial score (nSPS) is 12.2. The van der Waals surface area contributed by atoms with Gasteiger partial charge in [-0.1, -0.05) is 126 Å². The first-order chi connectivity index (χ1) is 29.8. The molecule has 0 N–H and O–H groups in total. The second-order valence-corrected chi connectivity index (χ2v) is 17.6. The number of thiophene rings is 1. The van der Waals surface area contributed by atoms with E-state index in [2.05, 4.69) is 196 Å². The summed E-state index contributed by atoms with van der Waals surface area (Å²) in [5.74, 6) is 2.04. The lowest BCUT2D eigenvalue weighted by molar-refractivity contribution is 1.08. The van der Waals surface area contributed by atoms with E-state index in [0.29, 0.717) is 17.5 Å². The van der Waals surface area contributed by atoms with E-state index in [1.54, 1.807) is 0 Å². The first-order valence-electron chi connectivity index (χ1n) is 20.9. The van der Waals surface area contributed by atoms with E-state index in [4.69, 9.17) is 15.0 Å². The van der Waals surface area contributed by atoms with Crippen molar-refractivity contribution in [3.05, 3.63) is 152 Å². The molecule has 0 fully saturated rings. The number of anilines is 3. The Labute approximate surface area is 362 Å². The van der Waals surface area contributed by atoms with Gasteiger partial charge in [0, 0.05) is 53.2 Å². The van der Waals surface area contributed by atoms with Crippen molar-refractivity contribution >= 4 is 147 Å². The molecule has 12 rings (SSSR count). The maximum absolute atomic E-state index is 5.33. The van der Waals surface area contributed by atoms with Gasteiger partial charge in [-0.15, -0.1) is 27.7 Å². The zero-order valence-electron chi connectivity index (χ0n) is 34.6.